The van der Waals surface area contributed by atoms with Crippen LogP contribution in [0.4, 0.5) is 0 Å². The number of ether oxygens (including phenoxy) is 4. The third-order valence-electron chi connectivity index (χ3n) is 3.76. The SMILES string of the molecule is COc1cc(OC)c(C(Cl)C2OCCC2C)c(OC)c1. The Bertz CT molecular complexity index is 438. The fraction of sp³-hybridized carbons (Fsp3) is 0.600. The fourth-order valence-corrected chi connectivity index (χ4v) is 3.10. The van der Waals surface area contributed by atoms with Crippen LogP contribution in [0, 0.1) is 5.92 Å². The Morgan fingerprint density at radius 2 is 1.75 bits per heavy atom. The fourth-order valence-electron chi connectivity index (χ4n) is 2.56. The number of alkyl halides is 1. The molecule has 4 nitrogen and oxygen atoms in total. The number of halogens is 1. The number of hydrogen-bond acceptors (Lipinski definition) is 4. The summed E-state index contributed by atoms with van der Waals surface area (Å²) in [7, 11) is 4.83. The summed E-state index contributed by atoms with van der Waals surface area (Å²) in [5, 5.41) is -0.316. The number of rotatable bonds is 5. The van der Waals surface area contributed by atoms with Gasteiger partial charge in [-0.2, -0.15) is 0 Å². The van der Waals surface area contributed by atoms with E-state index in [2.05, 4.69) is 6.92 Å². The highest BCUT2D eigenvalue weighted by Crippen LogP contribution is 2.45. The molecule has 3 atom stereocenters. The normalized spacial score (nSPS) is 23.4. The first-order valence-corrected chi connectivity index (χ1v) is 7.11. The van der Waals surface area contributed by atoms with E-state index < -0.39 is 0 Å². The van der Waals surface area contributed by atoms with Crippen LogP contribution in [-0.4, -0.2) is 34.0 Å². The van der Waals surface area contributed by atoms with Gasteiger partial charge in [0.05, 0.1) is 38.4 Å². The second kappa shape index (κ2) is 6.55. The van der Waals surface area contributed by atoms with Gasteiger partial charge in [-0.05, 0) is 12.3 Å². The van der Waals surface area contributed by atoms with Gasteiger partial charge in [-0.1, -0.05) is 6.92 Å². The second-order valence-electron chi connectivity index (χ2n) is 4.95. The molecule has 2 rings (SSSR count). The zero-order chi connectivity index (χ0) is 14.7. The van der Waals surface area contributed by atoms with Crippen molar-refractivity contribution in [1.82, 2.24) is 0 Å². The lowest BCUT2D eigenvalue weighted by Crippen LogP contribution is -2.20. The molecule has 0 aliphatic carbocycles. The molecule has 1 aromatic carbocycles. The van der Waals surface area contributed by atoms with Crippen molar-refractivity contribution in [3.8, 4) is 17.2 Å². The van der Waals surface area contributed by atoms with Gasteiger partial charge in [0.15, 0.2) is 0 Å². The summed E-state index contributed by atoms with van der Waals surface area (Å²) in [6.07, 6.45) is 0.988. The van der Waals surface area contributed by atoms with Crippen molar-refractivity contribution in [3.05, 3.63) is 17.7 Å². The van der Waals surface area contributed by atoms with E-state index in [0.717, 1.165) is 18.6 Å². The highest BCUT2D eigenvalue weighted by molar-refractivity contribution is 6.21. The zero-order valence-corrected chi connectivity index (χ0v) is 13.1. The molecule has 1 fully saturated rings. The summed E-state index contributed by atoms with van der Waals surface area (Å²) in [5.41, 5.74) is 0.816. The van der Waals surface area contributed by atoms with Crippen LogP contribution < -0.4 is 14.2 Å². The van der Waals surface area contributed by atoms with E-state index in [4.69, 9.17) is 30.5 Å². The number of hydrogen-bond donors (Lipinski definition) is 0. The summed E-state index contributed by atoms with van der Waals surface area (Å²) < 4.78 is 21.9. The zero-order valence-electron chi connectivity index (χ0n) is 12.3. The molecule has 1 aliphatic heterocycles. The summed E-state index contributed by atoms with van der Waals surface area (Å²) in [5.74, 6) is 2.40. The van der Waals surface area contributed by atoms with Gasteiger partial charge >= 0.3 is 0 Å². The van der Waals surface area contributed by atoms with Crippen molar-refractivity contribution in [3.63, 3.8) is 0 Å². The quantitative estimate of drug-likeness (QED) is 0.781. The molecular weight excluding hydrogens is 280 g/mol. The third kappa shape index (κ3) is 2.81. The lowest BCUT2D eigenvalue weighted by Gasteiger charge is -2.24. The minimum absolute atomic E-state index is 0.0344. The molecule has 0 radical (unpaired) electrons. The smallest absolute Gasteiger partial charge is 0.131 e. The molecule has 0 bridgehead atoms. The Morgan fingerprint density at radius 3 is 2.15 bits per heavy atom. The summed E-state index contributed by atoms with van der Waals surface area (Å²) in [4.78, 5) is 0. The molecular formula is C15H21ClO4. The minimum Gasteiger partial charge on any atom is -0.496 e. The first kappa shape index (κ1) is 15.3. The van der Waals surface area contributed by atoms with Crippen LogP contribution in [0.1, 0.15) is 24.3 Å². The Labute approximate surface area is 124 Å². The molecule has 0 amide bonds. The highest BCUT2D eigenvalue weighted by Gasteiger charge is 2.35. The van der Waals surface area contributed by atoms with Crippen molar-refractivity contribution < 1.29 is 18.9 Å². The Balaban J connectivity index is 2.42. The second-order valence-corrected chi connectivity index (χ2v) is 5.42. The van der Waals surface area contributed by atoms with Crippen LogP contribution in [0.3, 0.4) is 0 Å². The van der Waals surface area contributed by atoms with Gasteiger partial charge in [0, 0.05) is 18.7 Å². The van der Waals surface area contributed by atoms with Gasteiger partial charge in [0.2, 0.25) is 0 Å². The van der Waals surface area contributed by atoms with Gasteiger partial charge < -0.3 is 18.9 Å². The first-order valence-electron chi connectivity index (χ1n) is 6.68. The maximum Gasteiger partial charge on any atom is 0.131 e. The Morgan fingerprint density at radius 1 is 1.15 bits per heavy atom. The maximum atomic E-state index is 6.64. The third-order valence-corrected chi connectivity index (χ3v) is 4.23. The van der Waals surface area contributed by atoms with Crippen LogP contribution in [0.25, 0.3) is 0 Å². The molecule has 20 heavy (non-hydrogen) atoms. The van der Waals surface area contributed by atoms with E-state index in [1.807, 2.05) is 12.1 Å². The minimum atomic E-state index is -0.316. The average Bonchev–Trinajstić information content (AvgIpc) is 2.91. The predicted molar refractivity (Wildman–Crippen MR) is 78.2 cm³/mol. The highest BCUT2D eigenvalue weighted by atomic mass is 35.5. The lowest BCUT2D eigenvalue weighted by molar-refractivity contribution is 0.0891. The average molecular weight is 301 g/mol. The van der Waals surface area contributed by atoms with Crippen LogP contribution in [0.2, 0.25) is 0 Å². The Kier molecular flexibility index (Phi) is 5.00. The van der Waals surface area contributed by atoms with Crippen LogP contribution in [-0.2, 0) is 4.74 Å². The molecule has 1 heterocycles. The topological polar surface area (TPSA) is 36.9 Å². The number of methoxy groups -OCH3 is 3. The van der Waals surface area contributed by atoms with Gasteiger partial charge in [-0.15, -0.1) is 11.6 Å². The molecule has 1 saturated heterocycles. The maximum absolute atomic E-state index is 6.64. The first-order chi connectivity index (χ1) is 9.62. The van der Waals surface area contributed by atoms with Gasteiger partial charge in [-0.25, -0.2) is 0 Å². The number of benzene rings is 1. The molecule has 3 unspecified atom stereocenters. The van der Waals surface area contributed by atoms with Crippen molar-refractivity contribution in [1.29, 1.82) is 0 Å². The van der Waals surface area contributed by atoms with E-state index in [1.165, 1.54) is 0 Å². The van der Waals surface area contributed by atoms with Crippen molar-refractivity contribution >= 4 is 11.6 Å². The molecule has 0 spiro atoms. The van der Waals surface area contributed by atoms with E-state index in [9.17, 15) is 0 Å². The van der Waals surface area contributed by atoms with Crippen LogP contribution in [0.15, 0.2) is 12.1 Å². The van der Waals surface area contributed by atoms with Crippen molar-refractivity contribution in [2.75, 3.05) is 27.9 Å². The van der Waals surface area contributed by atoms with Crippen molar-refractivity contribution in [2.45, 2.75) is 24.8 Å². The van der Waals surface area contributed by atoms with Crippen molar-refractivity contribution in [2.24, 2.45) is 5.92 Å². The van der Waals surface area contributed by atoms with Gasteiger partial charge in [-0.3, -0.25) is 0 Å². The van der Waals surface area contributed by atoms with E-state index in [1.54, 1.807) is 21.3 Å². The monoisotopic (exact) mass is 300 g/mol. The van der Waals surface area contributed by atoms with E-state index in [-0.39, 0.29) is 11.5 Å². The Hall–Kier alpha value is -1.13. The van der Waals surface area contributed by atoms with Gasteiger partial charge in [0.25, 0.3) is 0 Å². The lowest BCUT2D eigenvalue weighted by atomic mass is 9.95. The molecule has 1 aliphatic rings. The largest absolute Gasteiger partial charge is 0.496 e. The standard InChI is InChI=1S/C15H21ClO4/c1-9-5-6-20-15(9)14(16)13-11(18-3)7-10(17-2)8-12(13)19-4/h7-9,14-15H,5-6H2,1-4H3. The summed E-state index contributed by atoms with van der Waals surface area (Å²) in [6, 6.07) is 3.62. The molecule has 0 aromatic heterocycles. The van der Waals surface area contributed by atoms with Gasteiger partial charge in [0.1, 0.15) is 17.2 Å². The molecule has 112 valence electrons. The molecule has 0 N–H and O–H groups in total. The molecule has 1 aromatic rings. The summed E-state index contributed by atoms with van der Waals surface area (Å²) >= 11 is 6.64. The van der Waals surface area contributed by atoms with E-state index >= 15 is 0 Å². The van der Waals surface area contributed by atoms with E-state index in [0.29, 0.717) is 23.2 Å². The van der Waals surface area contributed by atoms with Crippen LogP contribution >= 0.6 is 11.6 Å². The summed E-state index contributed by atoms with van der Waals surface area (Å²) in [6.45, 7) is 2.89. The van der Waals surface area contributed by atoms with Crippen LogP contribution in [0.5, 0.6) is 17.2 Å². The molecule has 0 saturated carbocycles. The predicted octanol–water partition coefficient (Wildman–Crippen LogP) is 3.42. The molecule has 5 heteroatoms.